The molecule has 0 aromatic carbocycles. The first-order valence-electron chi connectivity index (χ1n) is 9.23. The van der Waals surface area contributed by atoms with E-state index in [-0.39, 0.29) is 35.9 Å². The predicted octanol–water partition coefficient (Wildman–Crippen LogP) is 3.43. The second-order valence-electron chi connectivity index (χ2n) is 8.77. The number of halogens is 2. The third kappa shape index (κ3) is 1.90. The minimum absolute atomic E-state index is 0.0730. The predicted molar refractivity (Wildman–Crippen MR) is 92.8 cm³/mol. The third-order valence-corrected chi connectivity index (χ3v) is 7.59. The fourth-order valence-electron chi connectivity index (χ4n) is 6.32. The van der Waals surface area contributed by atoms with Gasteiger partial charge in [0.2, 0.25) is 0 Å². The van der Waals surface area contributed by atoms with E-state index in [9.17, 15) is 14.7 Å². The van der Waals surface area contributed by atoms with Gasteiger partial charge in [-0.3, -0.25) is 9.59 Å². The topological polar surface area (TPSA) is 54.4 Å². The van der Waals surface area contributed by atoms with Gasteiger partial charge in [-0.25, -0.2) is 8.78 Å². The molecule has 0 radical (unpaired) electrons. The number of allylic oxidation sites excluding steroid dienone is 6. The summed E-state index contributed by atoms with van der Waals surface area (Å²) in [7, 11) is 0. The molecule has 0 aromatic heterocycles. The molecule has 2 saturated carbocycles. The van der Waals surface area contributed by atoms with Crippen molar-refractivity contribution < 1.29 is 23.5 Å². The number of aliphatic hydroxyl groups excluding tert-OH is 1. The number of fused-ring (bicyclic) bond motifs is 5. The quantitative estimate of drug-likeness (QED) is 0.778. The summed E-state index contributed by atoms with van der Waals surface area (Å²) in [5.74, 6) is -1.38. The minimum Gasteiger partial charge on any atom is -0.390 e. The Labute approximate surface area is 151 Å². The summed E-state index contributed by atoms with van der Waals surface area (Å²) in [6.07, 6.45) is 3.53. The van der Waals surface area contributed by atoms with E-state index in [0.29, 0.717) is 12.0 Å². The molecule has 0 saturated heterocycles. The summed E-state index contributed by atoms with van der Waals surface area (Å²) >= 11 is 0. The number of ketones is 2. The first kappa shape index (κ1) is 17.8. The van der Waals surface area contributed by atoms with Crippen molar-refractivity contribution in [3.63, 3.8) is 0 Å². The number of rotatable bonds is 1. The van der Waals surface area contributed by atoms with Gasteiger partial charge in [-0.15, -0.1) is 0 Å². The normalized spacial score (nSPS) is 49.7. The standard InChI is InChI=1S/C21H24F2O3/c1-11(24)13-4-5-14-15-9-17(22)16-8-12(25)6-7-20(16,3)21(15,23)18(26)10-19(13,14)2/h4,6-8,14-15,17-18,26H,5,9-10H2,1-3H3. The summed E-state index contributed by atoms with van der Waals surface area (Å²) in [5, 5.41) is 10.9. The molecule has 4 aliphatic rings. The van der Waals surface area contributed by atoms with Crippen molar-refractivity contribution in [3.8, 4) is 0 Å². The van der Waals surface area contributed by atoms with Gasteiger partial charge in [0, 0.05) is 16.7 Å². The molecule has 140 valence electrons. The fraction of sp³-hybridized carbons (Fsp3) is 0.619. The van der Waals surface area contributed by atoms with Crippen LogP contribution >= 0.6 is 0 Å². The van der Waals surface area contributed by atoms with Gasteiger partial charge in [0.25, 0.3) is 0 Å². The van der Waals surface area contributed by atoms with Gasteiger partial charge in [-0.2, -0.15) is 0 Å². The van der Waals surface area contributed by atoms with E-state index >= 15 is 8.78 Å². The average Bonchev–Trinajstić information content (AvgIpc) is 2.89. The maximum atomic E-state index is 16.6. The first-order chi connectivity index (χ1) is 12.1. The zero-order valence-corrected chi connectivity index (χ0v) is 15.3. The number of alkyl halides is 2. The highest BCUT2D eigenvalue weighted by atomic mass is 19.1. The van der Waals surface area contributed by atoms with Crippen LogP contribution in [0.1, 0.15) is 40.0 Å². The Balaban J connectivity index is 1.85. The van der Waals surface area contributed by atoms with E-state index in [2.05, 4.69) is 0 Å². The molecule has 5 heteroatoms. The van der Waals surface area contributed by atoms with Crippen LogP contribution in [0.2, 0.25) is 0 Å². The first-order valence-corrected chi connectivity index (χ1v) is 9.23. The zero-order chi connectivity index (χ0) is 19.1. The molecule has 0 aromatic rings. The summed E-state index contributed by atoms with van der Waals surface area (Å²) in [6, 6.07) is 0. The van der Waals surface area contributed by atoms with Crippen LogP contribution in [-0.2, 0) is 9.59 Å². The molecule has 4 rings (SSSR count). The van der Waals surface area contributed by atoms with Crippen LogP contribution in [0.3, 0.4) is 0 Å². The zero-order valence-electron chi connectivity index (χ0n) is 15.3. The lowest BCUT2D eigenvalue weighted by Crippen LogP contribution is -2.68. The van der Waals surface area contributed by atoms with Crippen molar-refractivity contribution in [2.24, 2.45) is 22.7 Å². The molecule has 4 aliphatic carbocycles. The van der Waals surface area contributed by atoms with Crippen molar-refractivity contribution in [3.05, 3.63) is 35.5 Å². The highest BCUT2D eigenvalue weighted by Crippen LogP contribution is 2.68. The van der Waals surface area contributed by atoms with Gasteiger partial charge in [0.15, 0.2) is 17.2 Å². The highest BCUT2D eigenvalue weighted by molar-refractivity contribution is 6.01. The van der Waals surface area contributed by atoms with E-state index in [1.54, 1.807) is 6.92 Å². The molecule has 7 atom stereocenters. The molecule has 0 aliphatic heterocycles. The van der Waals surface area contributed by atoms with Crippen molar-refractivity contribution in [2.75, 3.05) is 0 Å². The minimum atomic E-state index is -2.07. The van der Waals surface area contributed by atoms with E-state index in [4.69, 9.17) is 0 Å². The molecule has 0 heterocycles. The average molecular weight is 362 g/mol. The number of carbonyl (C=O) groups excluding carboxylic acids is 2. The van der Waals surface area contributed by atoms with E-state index in [0.717, 1.165) is 0 Å². The summed E-state index contributed by atoms with van der Waals surface area (Å²) in [6.45, 7) is 4.96. The van der Waals surface area contributed by atoms with Crippen LogP contribution in [0.15, 0.2) is 35.5 Å². The third-order valence-electron chi connectivity index (χ3n) is 7.59. The van der Waals surface area contributed by atoms with Crippen LogP contribution < -0.4 is 0 Å². The SMILES string of the molecule is CC(=O)C1=CCC2C3CC(F)C4=CC(=O)C=CC4(C)C3(F)C(O)CC12C. The van der Waals surface area contributed by atoms with E-state index < -0.39 is 34.7 Å². The van der Waals surface area contributed by atoms with Gasteiger partial charge >= 0.3 is 0 Å². The molecule has 3 nitrogen and oxygen atoms in total. The van der Waals surface area contributed by atoms with Crippen molar-refractivity contribution in [1.29, 1.82) is 0 Å². The Hall–Kier alpha value is -1.62. The van der Waals surface area contributed by atoms with Crippen LogP contribution in [0.4, 0.5) is 8.78 Å². The van der Waals surface area contributed by atoms with Gasteiger partial charge in [-0.1, -0.05) is 19.1 Å². The Kier molecular flexibility index (Phi) is 3.57. The van der Waals surface area contributed by atoms with Gasteiger partial charge < -0.3 is 5.11 Å². The van der Waals surface area contributed by atoms with Crippen molar-refractivity contribution in [2.45, 2.75) is 58.0 Å². The van der Waals surface area contributed by atoms with Gasteiger partial charge in [0.05, 0.1) is 6.10 Å². The second-order valence-corrected chi connectivity index (χ2v) is 8.77. The number of hydrogen-bond donors (Lipinski definition) is 1. The monoisotopic (exact) mass is 362 g/mol. The van der Waals surface area contributed by atoms with E-state index in [1.807, 2.05) is 13.0 Å². The molecule has 0 bridgehead atoms. The fourth-order valence-corrected chi connectivity index (χ4v) is 6.32. The molecule has 1 N–H and O–H groups in total. The second kappa shape index (κ2) is 5.22. The molecular weight excluding hydrogens is 338 g/mol. The van der Waals surface area contributed by atoms with Gasteiger partial charge in [-0.05, 0) is 62.3 Å². The van der Waals surface area contributed by atoms with Crippen LogP contribution in [0.5, 0.6) is 0 Å². The maximum Gasteiger partial charge on any atom is 0.178 e. The Morgan fingerprint density at radius 2 is 2.00 bits per heavy atom. The molecule has 7 unspecified atom stereocenters. The Morgan fingerprint density at radius 1 is 1.31 bits per heavy atom. The lowest BCUT2D eigenvalue weighted by atomic mass is 9.45. The maximum absolute atomic E-state index is 16.6. The Bertz CT molecular complexity index is 797. The van der Waals surface area contributed by atoms with Gasteiger partial charge in [0.1, 0.15) is 6.17 Å². The summed E-state index contributed by atoms with van der Waals surface area (Å²) in [4.78, 5) is 23.8. The van der Waals surface area contributed by atoms with Crippen LogP contribution in [0, 0.1) is 22.7 Å². The number of Topliss-reactive ketones (excluding diaryl/α,β-unsaturated/α-hetero) is 1. The lowest BCUT2D eigenvalue weighted by molar-refractivity contribution is -0.192. The number of aliphatic hydroxyl groups is 1. The molecule has 0 spiro atoms. The van der Waals surface area contributed by atoms with Crippen molar-refractivity contribution >= 4 is 11.6 Å². The van der Waals surface area contributed by atoms with Crippen molar-refractivity contribution in [1.82, 2.24) is 0 Å². The number of hydrogen-bond acceptors (Lipinski definition) is 3. The molecule has 0 amide bonds. The smallest absolute Gasteiger partial charge is 0.178 e. The summed E-state index contributed by atoms with van der Waals surface area (Å²) < 4.78 is 31.7. The molecule has 26 heavy (non-hydrogen) atoms. The van der Waals surface area contributed by atoms with E-state index in [1.165, 1.54) is 25.2 Å². The van der Waals surface area contributed by atoms with Crippen LogP contribution in [0.25, 0.3) is 0 Å². The molecular formula is C21H24F2O3. The Morgan fingerprint density at radius 3 is 2.65 bits per heavy atom. The highest BCUT2D eigenvalue weighted by Gasteiger charge is 2.71. The summed E-state index contributed by atoms with van der Waals surface area (Å²) in [5.41, 5.74) is -3.31. The largest absolute Gasteiger partial charge is 0.390 e. The van der Waals surface area contributed by atoms with Crippen LogP contribution in [-0.4, -0.2) is 34.6 Å². The molecule has 2 fully saturated rings. The lowest BCUT2D eigenvalue weighted by Gasteiger charge is -2.62. The number of carbonyl (C=O) groups is 2.